The summed E-state index contributed by atoms with van der Waals surface area (Å²) in [7, 11) is 0. The molecule has 6 rings (SSSR count). The molecule has 0 unspecified atom stereocenters. The van der Waals surface area contributed by atoms with E-state index in [1.165, 1.54) is 11.8 Å². The second-order valence-electron chi connectivity index (χ2n) is 8.85. The van der Waals surface area contributed by atoms with E-state index in [0.717, 1.165) is 11.1 Å². The second kappa shape index (κ2) is 9.63. The normalized spacial score (nSPS) is 14.2. The lowest BCUT2D eigenvalue weighted by atomic mass is 10.0. The molecule has 0 radical (unpaired) electrons. The molecule has 2 aromatic heterocycles. The average Bonchev–Trinajstić information content (AvgIpc) is 3.43. The lowest BCUT2D eigenvalue weighted by Gasteiger charge is -2.31. The number of hydrogen-bond donors (Lipinski definition) is 1. The van der Waals surface area contributed by atoms with Gasteiger partial charge in [-0.25, -0.2) is 4.90 Å². The van der Waals surface area contributed by atoms with Gasteiger partial charge in [-0.3, -0.25) is 14.6 Å². The number of aromatic nitrogens is 3. The van der Waals surface area contributed by atoms with Crippen LogP contribution in [0.1, 0.15) is 27.8 Å². The van der Waals surface area contributed by atoms with E-state index in [1.807, 2.05) is 86.0 Å². The molecule has 1 atom stereocenters. The van der Waals surface area contributed by atoms with Crippen molar-refractivity contribution < 1.29 is 13.9 Å². The zero-order valence-corrected chi connectivity index (χ0v) is 22.1. The molecule has 0 bridgehead atoms. The highest BCUT2D eigenvalue weighted by Gasteiger charge is 2.47. The summed E-state index contributed by atoms with van der Waals surface area (Å²) in [5, 5.41) is 5.79. The molecule has 1 aliphatic heterocycles. The first-order valence-electron chi connectivity index (χ1n) is 11.9. The summed E-state index contributed by atoms with van der Waals surface area (Å²) in [6.45, 7) is 1.94. The van der Waals surface area contributed by atoms with Crippen LogP contribution in [0.15, 0.2) is 99.3 Å². The van der Waals surface area contributed by atoms with Crippen LogP contribution in [0.5, 0.6) is 0 Å². The van der Waals surface area contributed by atoms with Crippen LogP contribution in [0.3, 0.4) is 0 Å². The van der Waals surface area contributed by atoms with Crippen molar-refractivity contribution in [2.75, 3.05) is 11.2 Å². The van der Waals surface area contributed by atoms with Gasteiger partial charge < -0.3 is 4.42 Å². The Morgan fingerprint density at radius 1 is 1.05 bits per heavy atom. The Balaban J connectivity index is 1.60. The van der Waals surface area contributed by atoms with E-state index >= 15 is 0 Å². The van der Waals surface area contributed by atoms with Gasteiger partial charge in [0.1, 0.15) is 5.76 Å². The fraction of sp³-hybridized carbons (Fsp3) is 0.103. The Morgan fingerprint density at radius 3 is 2.58 bits per heavy atom. The van der Waals surface area contributed by atoms with Crippen molar-refractivity contribution in [3.05, 3.63) is 117 Å². The molecule has 38 heavy (non-hydrogen) atoms. The highest BCUT2D eigenvalue weighted by molar-refractivity contribution is 7.98. The van der Waals surface area contributed by atoms with Crippen LogP contribution in [0.2, 0.25) is 5.02 Å². The van der Waals surface area contributed by atoms with E-state index in [1.54, 1.807) is 21.7 Å². The van der Waals surface area contributed by atoms with Crippen molar-refractivity contribution in [2.24, 2.45) is 0 Å². The highest BCUT2D eigenvalue weighted by atomic mass is 35.5. The quantitative estimate of drug-likeness (QED) is 0.227. The van der Waals surface area contributed by atoms with E-state index in [-0.39, 0.29) is 11.5 Å². The molecule has 1 aliphatic rings. The number of amides is 1. The van der Waals surface area contributed by atoms with Gasteiger partial charge in [0.2, 0.25) is 5.16 Å². The Hall–Kier alpha value is -4.14. The van der Waals surface area contributed by atoms with E-state index in [9.17, 15) is 9.59 Å². The number of carbonyl (C=O) groups excluding carboxylic acids is 1. The first kappa shape index (κ1) is 24.2. The average molecular weight is 542 g/mol. The summed E-state index contributed by atoms with van der Waals surface area (Å²) in [5.41, 5.74) is 3.51. The largest absolute Gasteiger partial charge is 0.452 e. The summed E-state index contributed by atoms with van der Waals surface area (Å²) in [4.78, 5) is 31.9. The van der Waals surface area contributed by atoms with Crippen molar-refractivity contribution in [1.29, 1.82) is 0 Å². The number of nitrogens with one attached hydrogen (secondary N) is 1. The van der Waals surface area contributed by atoms with Crippen LogP contribution in [-0.4, -0.2) is 22.2 Å². The van der Waals surface area contributed by atoms with Crippen molar-refractivity contribution in [2.45, 2.75) is 18.2 Å². The number of benzene rings is 3. The number of para-hydroxylation sites is 1. The minimum atomic E-state index is -0.851. The van der Waals surface area contributed by atoms with Gasteiger partial charge in [0.05, 0.1) is 11.3 Å². The third-order valence-electron chi connectivity index (χ3n) is 6.53. The second-order valence-corrected chi connectivity index (χ2v) is 10.1. The third-order valence-corrected chi connectivity index (χ3v) is 7.51. The van der Waals surface area contributed by atoms with Crippen molar-refractivity contribution in [3.63, 3.8) is 0 Å². The summed E-state index contributed by atoms with van der Waals surface area (Å²) in [5.74, 6) is 0.794. The molecule has 1 N–H and O–H groups in total. The Morgan fingerprint density at radius 2 is 1.82 bits per heavy atom. The van der Waals surface area contributed by atoms with E-state index in [4.69, 9.17) is 21.1 Å². The number of aromatic amines is 1. The zero-order chi connectivity index (χ0) is 26.4. The number of rotatable bonds is 4. The first-order chi connectivity index (χ1) is 18.5. The maximum absolute atomic E-state index is 14.1. The SMILES string of the molecule is CSc1n[n+]2c(c(=O)[nH]1)-c1ccccc1N(C(=O)c1ccccc1)[C@H]2c1ccc(-c2ccc(C)c(Cl)c2)o1. The maximum Gasteiger partial charge on any atom is 0.325 e. The molecule has 0 saturated heterocycles. The minimum absolute atomic E-state index is 0.245. The highest BCUT2D eigenvalue weighted by Crippen LogP contribution is 2.39. The zero-order valence-electron chi connectivity index (χ0n) is 20.5. The molecule has 9 heteroatoms. The smallest absolute Gasteiger partial charge is 0.325 e. The van der Waals surface area contributed by atoms with Gasteiger partial charge in [-0.05, 0) is 65.9 Å². The molecule has 1 amide bonds. The molecule has 7 nitrogen and oxygen atoms in total. The molecule has 0 spiro atoms. The van der Waals surface area contributed by atoms with Gasteiger partial charge in [0.15, 0.2) is 5.76 Å². The number of anilines is 1. The van der Waals surface area contributed by atoms with Crippen molar-refractivity contribution in [1.82, 2.24) is 10.1 Å². The van der Waals surface area contributed by atoms with Gasteiger partial charge in [0.25, 0.3) is 5.91 Å². The maximum atomic E-state index is 14.1. The van der Waals surface area contributed by atoms with E-state index < -0.39 is 6.17 Å². The van der Waals surface area contributed by atoms with Crippen molar-refractivity contribution in [3.8, 4) is 22.6 Å². The van der Waals surface area contributed by atoms with Crippen LogP contribution in [0, 0.1) is 6.92 Å². The lowest BCUT2D eigenvalue weighted by molar-refractivity contribution is -0.764. The number of aryl methyl sites for hydroxylation is 1. The number of thioether (sulfide) groups is 1. The Labute approximate surface area is 227 Å². The standard InChI is InChI=1S/C29H21ClN4O3S/c1-17-12-13-19(16-21(17)30)23-14-15-24(37-23)27-33(28(36)18-8-4-3-5-9-18)22-11-7-6-10-20(22)25-26(35)31-29(38-2)32-34(25)27/h3-16,27H,1-2H3/p+1/t27-/m1/s1. The molecular weight excluding hydrogens is 520 g/mol. The van der Waals surface area contributed by atoms with Gasteiger partial charge in [-0.2, -0.15) is 0 Å². The van der Waals surface area contributed by atoms with Crippen LogP contribution < -0.4 is 15.1 Å². The molecule has 0 saturated carbocycles. The van der Waals surface area contributed by atoms with Crippen LogP contribution in [0.25, 0.3) is 22.6 Å². The fourth-order valence-electron chi connectivity index (χ4n) is 4.65. The van der Waals surface area contributed by atoms with Crippen LogP contribution in [0.4, 0.5) is 5.69 Å². The topological polar surface area (TPSA) is 83.1 Å². The van der Waals surface area contributed by atoms with Gasteiger partial charge in [0, 0.05) is 21.2 Å². The minimum Gasteiger partial charge on any atom is -0.452 e. The van der Waals surface area contributed by atoms with Crippen LogP contribution in [-0.2, 0) is 0 Å². The molecule has 5 aromatic rings. The van der Waals surface area contributed by atoms with E-state index in [0.29, 0.717) is 44.2 Å². The number of nitrogens with zero attached hydrogens (tertiary/aromatic N) is 3. The summed E-state index contributed by atoms with van der Waals surface area (Å²) >= 11 is 7.69. The van der Waals surface area contributed by atoms with Gasteiger partial charge in [-0.15, -0.1) is 0 Å². The lowest BCUT2D eigenvalue weighted by Crippen LogP contribution is -2.60. The number of furan rings is 1. The number of halogens is 1. The Bertz CT molecular complexity index is 1750. The number of fused-ring (bicyclic) bond motifs is 3. The summed E-state index contributed by atoms with van der Waals surface area (Å²) in [6, 6.07) is 25.7. The molecule has 3 aromatic carbocycles. The van der Waals surface area contributed by atoms with Crippen molar-refractivity contribution >= 4 is 35.0 Å². The van der Waals surface area contributed by atoms with Gasteiger partial charge >= 0.3 is 17.4 Å². The predicted molar refractivity (Wildman–Crippen MR) is 148 cm³/mol. The van der Waals surface area contributed by atoms with E-state index in [2.05, 4.69) is 4.98 Å². The third kappa shape index (κ3) is 4.02. The first-order valence-corrected chi connectivity index (χ1v) is 13.5. The molecule has 188 valence electrons. The van der Waals surface area contributed by atoms with Gasteiger partial charge in [-0.1, -0.05) is 65.8 Å². The fourth-order valence-corrected chi connectivity index (χ4v) is 5.20. The van der Waals surface area contributed by atoms with Crippen LogP contribution >= 0.6 is 23.4 Å². The monoisotopic (exact) mass is 541 g/mol. The molecular formula is C29H22ClN4O3S+. The number of carbonyl (C=O) groups is 1. The summed E-state index contributed by atoms with van der Waals surface area (Å²) in [6.07, 6.45) is 0.978. The number of hydrogen-bond acceptors (Lipinski definition) is 5. The predicted octanol–water partition coefficient (Wildman–Crippen LogP) is 5.88. The molecule has 0 aliphatic carbocycles. The molecule has 3 heterocycles. The molecule has 0 fully saturated rings. The summed E-state index contributed by atoms with van der Waals surface area (Å²) < 4.78 is 7.96. The Kier molecular flexibility index (Phi) is 6.13. The number of H-pyrrole nitrogens is 1.